The molecule has 0 aliphatic rings. The fourth-order valence-electron chi connectivity index (χ4n) is 3.02. The highest BCUT2D eigenvalue weighted by Crippen LogP contribution is 2.22. The fourth-order valence-corrected chi connectivity index (χ4v) is 3.02. The lowest BCUT2D eigenvalue weighted by Crippen LogP contribution is -2.30. The van der Waals surface area contributed by atoms with Crippen molar-refractivity contribution in [2.75, 3.05) is 11.4 Å². The highest BCUT2D eigenvalue weighted by molar-refractivity contribution is 6.04. The third-order valence-electron chi connectivity index (χ3n) is 4.18. The SMILES string of the molecule is CCN(C(=O)c1ccc(Cn2ccccc2=O)o1)c1cc(C)cc(C)c1. The molecule has 0 saturated heterocycles. The van der Waals surface area contributed by atoms with Crippen molar-refractivity contribution in [3.8, 4) is 0 Å². The van der Waals surface area contributed by atoms with Crippen LogP contribution in [0.15, 0.2) is 63.9 Å². The Morgan fingerprint density at radius 2 is 1.81 bits per heavy atom. The molecule has 26 heavy (non-hydrogen) atoms. The highest BCUT2D eigenvalue weighted by Gasteiger charge is 2.20. The van der Waals surface area contributed by atoms with E-state index in [-0.39, 0.29) is 17.2 Å². The van der Waals surface area contributed by atoms with E-state index in [0.29, 0.717) is 18.8 Å². The van der Waals surface area contributed by atoms with E-state index in [0.717, 1.165) is 16.8 Å². The van der Waals surface area contributed by atoms with E-state index < -0.39 is 0 Å². The average molecular weight is 350 g/mol. The van der Waals surface area contributed by atoms with E-state index in [9.17, 15) is 9.59 Å². The number of pyridine rings is 1. The van der Waals surface area contributed by atoms with Crippen LogP contribution in [0.3, 0.4) is 0 Å². The van der Waals surface area contributed by atoms with Crippen LogP contribution in [-0.4, -0.2) is 17.0 Å². The van der Waals surface area contributed by atoms with Gasteiger partial charge in [-0.3, -0.25) is 9.59 Å². The third kappa shape index (κ3) is 3.77. The molecule has 2 heterocycles. The first-order valence-corrected chi connectivity index (χ1v) is 8.62. The molecule has 0 bridgehead atoms. The fraction of sp³-hybridized carbons (Fsp3) is 0.238. The molecule has 1 amide bonds. The van der Waals surface area contributed by atoms with Crippen LogP contribution in [-0.2, 0) is 6.54 Å². The summed E-state index contributed by atoms with van der Waals surface area (Å²) in [6.07, 6.45) is 1.69. The Morgan fingerprint density at radius 1 is 1.08 bits per heavy atom. The second-order valence-electron chi connectivity index (χ2n) is 6.33. The van der Waals surface area contributed by atoms with Crippen molar-refractivity contribution >= 4 is 11.6 Å². The number of carbonyl (C=O) groups excluding carboxylic acids is 1. The van der Waals surface area contributed by atoms with Crippen molar-refractivity contribution in [3.63, 3.8) is 0 Å². The molecule has 2 aromatic heterocycles. The van der Waals surface area contributed by atoms with E-state index in [2.05, 4.69) is 6.07 Å². The van der Waals surface area contributed by atoms with Gasteiger partial charge in [0, 0.05) is 24.5 Å². The van der Waals surface area contributed by atoms with Crippen LogP contribution >= 0.6 is 0 Å². The number of aryl methyl sites for hydroxylation is 2. The Morgan fingerprint density at radius 3 is 2.46 bits per heavy atom. The smallest absolute Gasteiger partial charge is 0.293 e. The molecule has 0 aliphatic carbocycles. The Kier molecular flexibility index (Phi) is 5.07. The van der Waals surface area contributed by atoms with Crippen LogP contribution in [0, 0.1) is 13.8 Å². The number of hydrogen-bond donors (Lipinski definition) is 0. The predicted molar refractivity (Wildman–Crippen MR) is 102 cm³/mol. The molecule has 0 fully saturated rings. The van der Waals surface area contributed by atoms with Crippen LogP contribution < -0.4 is 10.5 Å². The van der Waals surface area contributed by atoms with Gasteiger partial charge in [0.2, 0.25) is 0 Å². The molecule has 3 aromatic rings. The van der Waals surface area contributed by atoms with Crippen molar-refractivity contribution < 1.29 is 9.21 Å². The van der Waals surface area contributed by atoms with Gasteiger partial charge in [-0.25, -0.2) is 0 Å². The monoisotopic (exact) mass is 350 g/mol. The van der Waals surface area contributed by atoms with E-state index in [1.54, 1.807) is 35.4 Å². The van der Waals surface area contributed by atoms with Gasteiger partial charge in [-0.1, -0.05) is 12.1 Å². The van der Waals surface area contributed by atoms with Gasteiger partial charge in [0.05, 0.1) is 6.54 Å². The van der Waals surface area contributed by atoms with Gasteiger partial charge in [-0.2, -0.15) is 0 Å². The lowest BCUT2D eigenvalue weighted by atomic mass is 10.1. The first kappa shape index (κ1) is 17.7. The molecule has 0 aliphatic heterocycles. The molecule has 0 radical (unpaired) electrons. The van der Waals surface area contributed by atoms with Crippen LogP contribution in [0.5, 0.6) is 0 Å². The Balaban J connectivity index is 1.84. The second-order valence-corrected chi connectivity index (χ2v) is 6.33. The molecular formula is C21H22N2O3. The molecule has 0 saturated carbocycles. The predicted octanol–water partition coefficient (Wildman–Crippen LogP) is 3.77. The van der Waals surface area contributed by atoms with Crippen LogP contribution in [0.1, 0.15) is 34.4 Å². The molecule has 5 heteroatoms. The normalized spacial score (nSPS) is 10.7. The molecule has 134 valence electrons. The van der Waals surface area contributed by atoms with E-state index in [4.69, 9.17) is 4.42 Å². The van der Waals surface area contributed by atoms with Crippen LogP contribution in [0.4, 0.5) is 5.69 Å². The molecule has 0 N–H and O–H groups in total. The lowest BCUT2D eigenvalue weighted by Gasteiger charge is -2.21. The number of nitrogens with zero attached hydrogens (tertiary/aromatic N) is 2. The highest BCUT2D eigenvalue weighted by atomic mass is 16.4. The van der Waals surface area contributed by atoms with Gasteiger partial charge in [-0.05, 0) is 62.2 Å². The van der Waals surface area contributed by atoms with Gasteiger partial charge in [0.25, 0.3) is 11.5 Å². The number of anilines is 1. The zero-order valence-corrected chi connectivity index (χ0v) is 15.2. The topological polar surface area (TPSA) is 55.5 Å². The maximum absolute atomic E-state index is 12.9. The number of rotatable bonds is 5. The van der Waals surface area contributed by atoms with Gasteiger partial charge in [0.15, 0.2) is 5.76 Å². The molecule has 0 unspecified atom stereocenters. The van der Waals surface area contributed by atoms with E-state index in [1.807, 2.05) is 32.9 Å². The maximum Gasteiger partial charge on any atom is 0.293 e. The molecule has 1 aromatic carbocycles. The van der Waals surface area contributed by atoms with E-state index >= 15 is 0 Å². The van der Waals surface area contributed by atoms with Crippen molar-refractivity contribution in [1.82, 2.24) is 4.57 Å². The average Bonchev–Trinajstić information content (AvgIpc) is 3.05. The molecule has 0 spiro atoms. The first-order chi connectivity index (χ1) is 12.5. The summed E-state index contributed by atoms with van der Waals surface area (Å²) in [6.45, 7) is 6.79. The molecule has 0 atom stereocenters. The summed E-state index contributed by atoms with van der Waals surface area (Å²) in [4.78, 5) is 26.4. The molecular weight excluding hydrogens is 328 g/mol. The minimum absolute atomic E-state index is 0.109. The number of furan rings is 1. The maximum atomic E-state index is 12.9. The van der Waals surface area contributed by atoms with Gasteiger partial charge in [-0.15, -0.1) is 0 Å². The number of aromatic nitrogens is 1. The van der Waals surface area contributed by atoms with Gasteiger partial charge < -0.3 is 13.9 Å². The molecule has 5 nitrogen and oxygen atoms in total. The first-order valence-electron chi connectivity index (χ1n) is 8.62. The zero-order valence-electron chi connectivity index (χ0n) is 15.2. The van der Waals surface area contributed by atoms with E-state index in [1.165, 1.54) is 10.6 Å². The Hall–Kier alpha value is -3.08. The number of carbonyl (C=O) groups is 1. The lowest BCUT2D eigenvalue weighted by molar-refractivity contribution is 0.0959. The Bertz CT molecular complexity index is 964. The second kappa shape index (κ2) is 7.44. The summed E-state index contributed by atoms with van der Waals surface area (Å²) in [5, 5.41) is 0. The minimum Gasteiger partial charge on any atom is -0.454 e. The van der Waals surface area contributed by atoms with Crippen LogP contribution in [0.25, 0.3) is 0 Å². The molecule has 3 rings (SSSR count). The van der Waals surface area contributed by atoms with Gasteiger partial charge in [0.1, 0.15) is 5.76 Å². The van der Waals surface area contributed by atoms with Crippen molar-refractivity contribution in [2.45, 2.75) is 27.3 Å². The van der Waals surface area contributed by atoms with Gasteiger partial charge >= 0.3 is 0 Å². The standard InChI is InChI=1S/C21H22N2O3/c1-4-23(17-12-15(2)11-16(3)13-17)21(25)19-9-8-18(26-19)14-22-10-6-5-7-20(22)24/h5-13H,4,14H2,1-3H3. The summed E-state index contributed by atoms with van der Waals surface area (Å²) in [6, 6.07) is 14.4. The summed E-state index contributed by atoms with van der Waals surface area (Å²) in [5.74, 6) is 0.646. The Labute approximate surface area is 152 Å². The summed E-state index contributed by atoms with van der Waals surface area (Å²) in [7, 11) is 0. The van der Waals surface area contributed by atoms with Crippen molar-refractivity contribution in [1.29, 1.82) is 0 Å². The third-order valence-corrected chi connectivity index (χ3v) is 4.18. The summed E-state index contributed by atoms with van der Waals surface area (Å²) < 4.78 is 7.25. The summed E-state index contributed by atoms with van der Waals surface area (Å²) in [5.41, 5.74) is 2.96. The quantitative estimate of drug-likeness (QED) is 0.704. The van der Waals surface area contributed by atoms with Crippen molar-refractivity contribution in [3.05, 3.63) is 87.7 Å². The number of hydrogen-bond acceptors (Lipinski definition) is 3. The minimum atomic E-state index is -0.191. The number of benzene rings is 1. The summed E-state index contributed by atoms with van der Waals surface area (Å²) >= 11 is 0. The largest absolute Gasteiger partial charge is 0.454 e. The van der Waals surface area contributed by atoms with Crippen LogP contribution in [0.2, 0.25) is 0 Å². The zero-order chi connectivity index (χ0) is 18.7. The van der Waals surface area contributed by atoms with Crippen molar-refractivity contribution in [2.24, 2.45) is 0 Å². The number of amides is 1.